The maximum atomic E-state index is 13.5. The van der Waals surface area contributed by atoms with Crippen LogP contribution in [-0.4, -0.2) is 63.4 Å². The van der Waals surface area contributed by atoms with Crippen LogP contribution in [0.15, 0.2) is 43.1 Å². The average Bonchev–Trinajstić information content (AvgIpc) is 3.42. The van der Waals surface area contributed by atoms with Gasteiger partial charge in [-0.25, -0.2) is 14.5 Å². The summed E-state index contributed by atoms with van der Waals surface area (Å²) in [5, 5.41) is 17.7. The van der Waals surface area contributed by atoms with Gasteiger partial charge in [0.2, 0.25) is 11.9 Å². The van der Waals surface area contributed by atoms with E-state index < -0.39 is 11.9 Å². The number of hydrogen-bond donors (Lipinski definition) is 2. The lowest BCUT2D eigenvalue weighted by molar-refractivity contribution is -0.111. The number of halogens is 2. The number of aryl methyl sites for hydroxylation is 1. The first-order valence-corrected chi connectivity index (χ1v) is 13.0. The third-order valence-electron chi connectivity index (χ3n) is 6.41. The summed E-state index contributed by atoms with van der Waals surface area (Å²) in [6.45, 7) is 3.59. The Morgan fingerprint density at radius 3 is 2.43 bits per heavy atom. The number of rotatable bonds is 8. The van der Waals surface area contributed by atoms with Gasteiger partial charge < -0.3 is 20.1 Å². The van der Waals surface area contributed by atoms with Gasteiger partial charge in [0.05, 0.1) is 37.8 Å². The van der Waals surface area contributed by atoms with Crippen molar-refractivity contribution in [3.05, 3.63) is 58.7 Å². The normalized spacial score (nSPS) is 12.6. The number of anilines is 5. The number of carbonyl (C=O) groups excluding carboxylic acids is 2. The Morgan fingerprint density at radius 2 is 1.81 bits per heavy atom. The molecule has 14 nitrogen and oxygen atoms in total. The maximum Gasteiger partial charge on any atom is 0.330 e. The Kier molecular flexibility index (Phi) is 7.83. The van der Waals surface area contributed by atoms with Crippen LogP contribution in [-0.2, 0) is 18.4 Å². The van der Waals surface area contributed by atoms with Crippen molar-refractivity contribution in [3.8, 4) is 22.9 Å². The highest BCUT2D eigenvalue weighted by Gasteiger charge is 2.35. The van der Waals surface area contributed by atoms with E-state index in [0.717, 1.165) is 6.08 Å². The fraction of sp³-hybridized carbons (Fsp3) is 0.192. The van der Waals surface area contributed by atoms with Crippen molar-refractivity contribution < 1.29 is 19.1 Å². The molecule has 42 heavy (non-hydrogen) atoms. The van der Waals surface area contributed by atoms with Gasteiger partial charge in [0.25, 0.3) is 0 Å². The van der Waals surface area contributed by atoms with E-state index in [-0.39, 0.29) is 28.2 Å². The molecular formula is C26H24Cl2N10O4. The number of methoxy groups -OCH3 is 2. The Labute approximate surface area is 249 Å². The molecule has 2 N–H and O–H groups in total. The molecule has 4 aromatic rings. The molecule has 0 spiro atoms. The van der Waals surface area contributed by atoms with Crippen molar-refractivity contribution in [1.82, 2.24) is 30.2 Å². The second kappa shape index (κ2) is 11.5. The topological polar surface area (TPSA) is 153 Å². The molecule has 0 saturated heterocycles. The Morgan fingerprint density at radius 1 is 1.10 bits per heavy atom. The fourth-order valence-corrected chi connectivity index (χ4v) is 5.03. The minimum atomic E-state index is -0.438. The van der Waals surface area contributed by atoms with Gasteiger partial charge in [-0.15, -0.1) is 5.10 Å². The quantitative estimate of drug-likeness (QED) is 0.274. The summed E-state index contributed by atoms with van der Waals surface area (Å²) in [4.78, 5) is 37.5. The molecule has 0 atom stereocenters. The summed E-state index contributed by atoms with van der Waals surface area (Å²) in [7, 11) is 6.18. The minimum absolute atomic E-state index is 0.0790. The molecule has 0 fully saturated rings. The first-order chi connectivity index (χ1) is 20.2. The van der Waals surface area contributed by atoms with Crippen LogP contribution in [0, 0.1) is 0 Å². The van der Waals surface area contributed by atoms with Crippen molar-refractivity contribution in [2.45, 2.75) is 6.54 Å². The van der Waals surface area contributed by atoms with Crippen LogP contribution >= 0.6 is 23.2 Å². The highest BCUT2D eigenvalue weighted by Crippen LogP contribution is 2.47. The van der Waals surface area contributed by atoms with Crippen LogP contribution in [0.25, 0.3) is 11.4 Å². The molecule has 216 valence electrons. The Hall–Kier alpha value is -4.95. The zero-order chi connectivity index (χ0) is 30.1. The molecule has 2 aromatic heterocycles. The number of fused-ring (bicyclic) bond motifs is 1. The molecule has 5 rings (SSSR count). The van der Waals surface area contributed by atoms with E-state index in [4.69, 9.17) is 32.7 Å². The van der Waals surface area contributed by atoms with Gasteiger partial charge in [0.15, 0.2) is 5.82 Å². The summed E-state index contributed by atoms with van der Waals surface area (Å²) < 4.78 is 12.2. The van der Waals surface area contributed by atoms with Gasteiger partial charge >= 0.3 is 6.03 Å². The molecule has 1 aliphatic heterocycles. The molecular weight excluding hydrogens is 587 g/mol. The summed E-state index contributed by atoms with van der Waals surface area (Å²) in [6.07, 6.45) is 2.74. The first kappa shape index (κ1) is 28.6. The zero-order valence-corrected chi connectivity index (χ0v) is 24.4. The van der Waals surface area contributed by atoms with Gasteiger partial charge in [-0.3, -0.25) is 14.6 Å². The number of amides is 3. The second-order valence-electron chi connectivity index (χ2n) is 8.93. The predicted octanol–water partition coefficient (Wildman–Crippen LogP) is 4.44. The van der Waals surface area contributed by atoms with E-state index in [0.29, 0.717) is 45.6 Å². The van der Waals surface area contributed by atoms with Crippen LogP contribution in [0.5, 0.6) is 11.5 Å². The smallest absolute Gasteiger partial charge is 0.330 e. The second-order valence-corrected chi connectivity index (χ2v) is 9.69. The standard InChI is InChI=1S/C26H24Cl2N10O4/c1-6-19(39)30-16-9-13(24-33-34-35-37(24)3)7-8-15(16)31-25-29-11-14-12-38(26(40)36(2)23(14)32-25)22-20(27)17(41-4)10-18(42-5)21(22)28/h6-11H,1,12H2,2-5H3,(H,30,39)(H,29,31,32). The number of urea groups is 1. The summed E-state index contributed by atoms with van der Waals surface area (Å²) >= 11 is 13.2. The average molecular weight is 611 g/mol. The molecule has 0 unspecified atom stereocenters. The van der Waals surface area contributed by atoms with E-state index >= 15 is 0 Å². The molecule has 3 amide bonds. The SMILES string of the molecule is C=CC(=O)Nc1cc(-c2nnnn2C)ccc1Nc1ncc2c(n1)N(C)C(=O)N(c1c(Cl)c(OC)cc(OC)c1Cl)C2. The van der Waals surface area contributed by atoms with Crippen molar-refractivity contribution in [2.24, 2.45) is 7.05 Å². The van der Waals surface area contributed by atoms with Crippen LogP contribution < -0.4 is 29.9 Å². The third-order valence-corrected chi connectivity index (χ3v) is 7.14. The van der Waals surface area contributed by atoms with Crippen LogP contribution in [0.4, 0.5) is 33.6 Å². The third kappa shape index (κ3) is 5.12. The van der Waals surface area contributed by atoms with E-state index in [1.165, 1.54) is 28.7 Å². The Bertz CT molecular complexity index is 1700. The molecule has 0 saturated carbocycles. The van der Waals surface area contributed by atoms with E-state index in [9.17, 15) is 9.59 Å². The first-order valence-electron chi connectivity index (χ1n) is 12.2. The van der Waals surface area contributed by atoms with Crippen molar-refractivity contribution in [2.75, 3.05) is 41.7 Å². The van der Waals surface area contributed by atoms with E-state index in [1.807, 2.05) is 0 Å². The summed E-state index contributed by atoms with van der Waals surface area (Å²) in [5.41, 5.74) is 2.42. The van der Waals surface area contributed by atoms with E-state index in [2.05, 4.69) is 42.7 Å². The van der Waals surface area contributed by atoms with Crippen molar-refractivity contribution >= 4 is 64.0 Å². The number of tetrazole rings is 1. The lowest BCUT2D eigenvalue weighted by Crippen LogP contribution is -2.46. The summed E-state index contributed by atoms with van der Waals surface area (Å²) in [6, 6.07) is 6.31. The molecule has 3 heterocycles. The highest BCUT2D eigenvalue weighted by atomic mass is 35.5. The van der Waals surface area contributed by atoms with Gasteiger partial charge in [-0.1, -0.05) is 29.8 Å². The van der Waals surface area contributed by atoms with E-state index in [1.54, 1.807) is 44.6 Å². The number of aromatic nitrogens is 6. The number of ether oxygens (including phenoxy) is 2. The summed E-state index contributed by atoms with van der Waals surface area (Å²) in [5.74, 6) is 1.22. The van der Waals surface area contributed by atoms with Crippen molar-refractivity contribution in [3.63, 3.8) is 0 Å². The fourth-order valence-electron chi connectivity index (χ4n) is 4.33. The van der Waals surface area contributed by atoms with Gasteiger partial charge in [0.1, 0.15) is 27.4 Å². The number of benzene rings is 2. The molecule has 1 aliphatic rings. The number of nitrogens with one attached hydrogen (secondary N) is 2. The molecule has 16 heteroatoms. The van der Waals surface area contributed by atoms with Gasteiger partial charge in [-0.2, -0.15) is 4.98 Å². The highest BCUT2D eigenvalue weighted by molar-refractivity contribution is 6.42. The van der Waals surface area contributed by atoms with Crippen LogP contribution in [0.1, 0.15) is 5.56 Å². The lowest BCUT2D eigenvalue weighted by atomic mass is 10.1. The minimum Gasteiger partial charge on any atom is -0.495 e. The monoisotopic (exact) mass is 610 g/mol. The Balaban J connectivity index is 1.49. The van der Waals surface area contributed by atoms with Crippen molar-refractivity contribution in [1.29, 1.82) is 0 Å². The number of carbonyl (C=O) groups is 2. The van der Waals surface area contributed by atoms with Crippen LogP contribution in [0.3, 0.4) is 0 Å². The lowest BCUT2D eigenvalue weighted by Gasteiger charge is -2.35. The number of nitrogens with zero attached hydrogens (tertiary/aromatic N) is 8. The predicted molar refractivity (Wildman–Crippen MR) is 158 cm³/mol. The molecule has 0 radical (unpaired) electrons. The van der Waals surface area contributed by atoms with Crippen LogP contribution in [0.2, 0.25) is 10.0 Å². The largest absolute Gasteiger partial charge is 0.495 e. The number of hydrogen-bond acceptors (Lipinski definition) is 10. The van der Waals surface area contributed by atoms with Gasteiger partial charge in [-0.05, 0) is 34.7 Å². The maximum absolute atomic E-state index is 13.5. The zero-order valence-electron chi connectivity index (χ0n) is 22.8. The molecule has 2 aromatic carbocycles. The van der Waals surface area contributed by atoms with Gasteiger partial charge in [0, 0.05) is 37.5 Å². The molecule has 0 bridgehead atoms. The molecule has 0 aliphatic carbocycles.